The van der Waals surface area contributed by atoms with Gasteiger partial charge in [0.15, 0.2) is 11.6 Å². The van der Waals surface area contributed by atoms with Crippen molar-refractivity contribution in [2.45, 2.75) is 25.9 Å². The monoisotopic (exact) mass is 409 g/mol. The largest absolute Gasteiger partial charge is 0.442 e. The van der Waals surface area contributed by atoms with Crippen LogP contribution in [-0.4, -0.2) is 36.9 Å². The molecule has 0 unspecified atom stereocenters. The summed E-state index contributed by atoms with van der Waals surface area (Å²) in [5.74, 6) is -0.994. The first-order valence-corrected chi connectivity index (χ1v) is 10.0. The highest BCUT2D eigenvalue weighted by molar-refractivity contribution is 8.02. The number of nitrogens with zero attached hydrogens (tertiary/aromatic N) is 2. The summed E-state index contributed by atoms with van der Waals surface area (Å²) in [6, 6.07) is 2.22. The molecule has 1 fully saturated rings. The molecule has 2 amide bonds. The number of amides is 2. The smallest absolute Gasteiger partial charge is 0.414 e. The minimum absolute atomic E-state index is 0.0725. The maximum atomic E-state index is 14.7. The van der Waals surface area contributed by atoms with Crippen molar-refractivity contribution < 1.29 is 23.1 Å². The number of carbonyl (C=O) groups excluding carboxylic acids is 2. The Morgan fingerprint density at radius 3 is 2.79 bits per heavy atom. The predicted molar refractivity (Wildman–Crippen MR) is 105 cm³/mol. The Labute approximate surface area is 166 Å². The van der Waals surface area contributed by atoms with E-state index in [0.717, 1.165) is 17.0 Å². The molecule has 9 heteroatoms. The quantitative estimate of drug-likeness (QED) is 0.776. The van der Waals surface area contributed by atoms with Gasteiger partial charge in [0.25, 0.3) is 0 Å². The first-order valence-electron chi connectivity index (χ1n) is 8.96. The number of anilines is 2. The second kappa shape index (κ2) is 9.09. The van der Waals surface area contributed by atoms with Crippen molar-refractivity contribution in [3.05, 3.63) is 47.7 Å². The molecule has 2 heterocycles. The Bertz CT molecular complexity index is 779. The van der Waals surface area contributed by atoms with Crippen LogP contribution in [0.5, 0.6) is 0 Å². The molecule has 0 spiro atoms. The molecule has 1 saturated heterocycles. The standard InChI is InChI=1S/C19H21F2N3O3S/c1-2-4-17(25)22-11-14-12-24(19(26)27-14)13-9-15(20)18(16(21)10-13)23-5-3-7-28-8-6-23/h3,5-6,8-10,14H,2,4,7,11-12H2,1H3,(H,22,25)/t14-/m0/s1. The molecule has 2 aliphatic heterocycles. The molecule has 1 N–H and O–H groups in total. The van der Waals surface area contributed by atoms with Crippen molar-refractivity contribution in [2.24, 2.45) is 0 Å². The topological polar surface area (TPSA) is 61.9 Å². The molecule has 1 aromatic carbocycles. The third-order valence-corrected chi connectivity index (χ3v) is 4.92. The summed E-state index contributed by atoms with van der Waals surface area (Å²) in [5, 5.41) is 4.44. The lowest BCUT2D eigenvalue weighted by Crippen LogP contribution is -2.34. The van der Waals surface area contributed by atoms with Crippen LogP contribution in [0.2, 0.25) is 0 Å². The zero-order valence-electron chi connectivity index (χ0n) is 15.4. The lowest BCUT2D eigenvalue weighted by atomic mass is 10.2. The Morgan fingerprint density at radius 1 is 1.32 bits per heavy atom. The molecule has 0 aromatic heterocycles. The molecule has 0 radical (unpaired) electrons. The summed E-state index contributed by atoms with van der Waals surface area (Å²) in [5.41, 5.74) is -0.141. The number of benzene rings is 1. The fourth-order valence-corrected chi connectivity index (χ4v) is 3.44. The van der Waals surface area contributed by atoms with Gasteiger partial charge in [0.2, 0.25) is 5.91 Å². The molecule has 0 saturated carbocycles. The van der Waals surface area contributed by atoms with Crippen molar-refractivity contribution in [3.8, 4) is 0 Å². The SMILES string of the molecule is CCCC(=O)NC[C@H]1CN(c2cc(F)c(N3C=CCSC=C3)c(F)c2)C(=O)O1. The van der Waals surface area contributed by atoms with Crippen molar-refractivity contribution in [2.75, 3.05) is 28.6 Å². The van der Waals surface area contributed by atoms with Crippen LogP contribution >= 0.6 is 11.8 Å². The van der Waals surface area contributed by atoms with Crippen LogP contribution in [0.4, 0.5) is 25.0 Å². The molecule has 1 aromatic rings. The molecule has 150 valence electrons. The first kappa shape index (κ1) is 20.2. The summed E-state index contributed by atoms with van der Waals surface area (Å²) in [4.78, 5) is 26.2. The molecule has 0 aliphatic carbocycles. The number of rotatable bonds is 6. The summed E-state index contributed by atoms with van der Waals surface area (Å²) < 4.78 is 34.5. The van der Waals surface area contributed by atoms with Crippen LogP contribution in [0.25, 0.3) is 0 Å². The van der Waals surface area contributed by atoms with Crippen LogP contribution in [0.15, 0.2) is 36.0 Å². The number of cyclic esters (lactones) is 1. The predicted octanol–water partition coefficient (Wildman–Crippen LogP) is 3.74. The number of carbonyl (C=O) groups is 2. The molecule has 2 aliphatic rings. The minimum atomic E-state index is -0.788. The van der Waals surface area contributed by atoms with Crippen LogP contribution < -0.4 is 15.1 Å². The van der Waals surface area contributed by atoms with Gasteiger partial charge in [-0.3, -0.25) is 9.69 Å². The molecule has 1 atom stereocenters. The van der Waals surface area contributed by atoms with E-state index in [0.29, 0.717) is 18.6 Å². The van der Waals surface area contributed by atoms with Crippen molar-refractivity contribution in [3.63, 3.8) is 0 Å². The summed E-state index contributed by atoms with van der Waals surface area (Å²) in [7, 11) is 0. The van der Waals surface area contributed by atoms with Crippen molar-refractivity contribution >= 4 is 35.1 Å². The van der Waals surface area contributed by atoms with Gasteiger partial charge >= 0.3 is 6.09 Å². The number of thioether (sulfide) groups is 1. The second-order valence-corrected chi connectivity index (χ2v) is 7.28. The van der Waals surface area contributed by atoms with E-state index in [9.17, 15) is 18.4 Å². The number of nitrogens with one attached hydrogen (secondary N) is 1. The number of hydrogen-bond acceptors (Lipinski definition) is 5. The van der Waals surface area contributed by atoms with E-state index in [1.807, 2.05) is 6.92 Å². The Balaban J connectivity index is 1.73. The zero-order chi connectivity index (χ0) is 20.1. The van der Waals surface area contributed by atoms with Gasteiger partial charge in [0.05, 0.1) is 18.8 Å². The van der Waals surface area contributed by atoms with E-state index >= 15 is 0 Å². The van der Waals surface area contributed by atoms with Crippen LogP contribution in [0.1, 0.15) is 19.8 Å². The van der Waals surface area contributed by atoms with Gasteiger partial charge in [-0.15, -0.1) is 11.8 Å². The lowest BCUT2D eigenvalue weighted by molar-refractivity contribution is -0.121. The lowest BCUT2D eigenvalue weighted by Gasteiger charge is -2.19. The van der Waals surface area contributed by atoms with Crippen LogP contribution in [0, 0.1) is 11.6 Å². The fraction of sp³-hybridized carbons (Fsp3) is 0.368. The van der Waals surface area contributed by atoms with Gasteiger partial charge in [-0.05, 0) is 11.8 Å². The Kier molecular flexibility index (Phi) is 6.56. The highest BCUT2D eigenvalue weighted by Crippen LogP contribution is 2.32. The van der Waals surface area contributed by atoms with Gasteiger partial charge in [-0.25, -0.2) is 13.6 Å². The molecular formula is C19H21F2N3O3S. The van der Waals surface area contributed by atoms with E-state index in [-0.39, 0.29) is 30.4 Å². The highest BCUT2D eigenvalue weighted by Gasteiger charge is 2.33. The van der Waals surface area contributed by atoms with E-state index in [2.05, 4.69) is 5.32 Å². The van der Waals surface area contributed by atoms with Gasteiger partial charge in [0, 0.05) is 36.7 Å². The van der Waals surface area contributed by atoms with Gasteiger partial charge in [0.1, 0.15) is 11.8 Å². The average Bonchev–Trinajstić information content (AvgIpc) is 2.84. The van der Waals surface area contributed by atoms with Crippen molar-refractivity contribution in [1.29, 1.82) is 0 Å². The van der Waals surface area contributed by atoms with E-state index < -0.39 is 23.8 Å². The Hall–Kier alpha value is -2.55. The van der Waals surface area contributed by atoms with Crippen molar-refractivity contribution in [1.82, 2.24) is 5.32 Å². The summed E-state index contributed by atoms with van der Waals surface area (Å²) >= 11 is 1.51. The molecule has 28 heavy (non-hydrogen) atoms. The van der Waals surface area contributed by atoms with Gasteiger partial charge < -0.3 is 15.0 Å². The number of hydrogen-bond donors (Lipinski definition) is 1. The molecule has 0 bridgehead atoms. The minimum Gasteiger partial charge on any atom is -0.442 e. The van der Waals surface area contributed by atoms with E-state index in [1.54, 1.807) is 23.9 Å². The summed E-state index contributed by atoms with van der Waals surface area (Å²) in [6.45, 7) is 2.15. The zero-order valence-corrected chi connectivity index (χ0v) is 16.2. The van der Waals surface area contributed by atoms with Gasteiger partial charge in [-0.1, -0.05) is 13.0 Å². The first-order chi connectivity index (χ1) is 13.5. The second-order valence-electron chi connectivity index (χ2n) is 6.34. The Morgan fingerprint density at radius 2 is 2.07 bits per heavy atom. The summed E-state index contributed by atoms with van der Waals surface area (Å²) in [6.07, 6.45) is 4.80. The maximum Gasteiger partial charge on any atom is 0.414 e. The highest BCUT2D eigenvalue weighted by atomic mass is 32.2. The maximum absolute atomic E-state index is 14.7. The van der Waals surface area contributed by atoms with E-state index in [1.165, 1.54) is 16.7 Å². The molecular weight excluding hydrogens is 388 g/mol. The third-order valence-electron chi connectivity index (χ3n) is 4.23. The van der Waals surface area contributed by atoms with E-state index in [4.69, 9.17) is 4.74 Å². The third kappa shape index (κ3) is 4.64. The van der Waals surface area contributed by atoms with Crippen LogP contribution in [-0.2, 0) is 9.53 Å². The average molecular weight is 409 g/mol. The molecule has 3 rings (SSSR count). The number of ether oxygens (including phenoxy) is 1. The number of halogens is 2. The normalized spacial score (nSPS) is 19.0. The van der Waals surface area contributed by atoms with Gasteiger partial charge in [-0.2, -0.15) is 0 Å². The fourth-order valence-electron chi connectivity index (χ4n) is 2.91. The van der Waals surface area contributed by atoms with Crippen LogP contribution in [0.3, 0.4) is 0 Å². The molecule has 6 nitrogen and oxygen atoms in total.